The molecule has 0 saturated heterocycles. The van der Waals surface area contributed by atoms with E-state index in [1.807, 2.05) is 0 Å². The molecule has 3 aliphatic carbocycles. The number of rotatable bonds is 6. The Kier molecular flexibility index (Phi) is 7.23. The molecular formula is C48H37NO2. The van der Waals surface area contributed by atoms with Gasteiger partial charge in [0.1, 0.15) is 22.9 Å². The van der Waals surface area contributed by atoms with Gasteiger partial charge in [0.2, 0.25) is 0 Å². The fourth-order valence-electron chi connectivity index (χ4n) is 8.20. The Morgan fingerprint density at radius 3 is 2.39 bits per heavy atom. The first kappa shape index (κ1) is 29.8. The molecule has 2 heterocycles. The highest BCUT2D eigenvalue weighted by Crippen LogP contribution is 2.48. The van der Waals surface area contributed by atoms with Gasteiger partial charge in [-0.2, -0.15) is 0 Å². The lowest BCUT2D eigenvalue weighted by atomic mass is 9.87. The first-order valence-electron chi connectivity index (χ1n) is 18.1. The zero-order chi connectivity index (χ0) is 33.7. The molecule has 4 aliphatic rings. The van der Waals surface area contributed by atoms with Gasteiger partial charge < -0.3 is 14.1 Å². The highest BCUT2D eigenvalue weighted by molar-refractivity contribution is 5.97. The number of furan rings is 1. The highest BCUT2D eigenvalue weighted by atomic mass is 16.5. The minimum absolute atomic E-state index is 0.243. The van der Waals surface area contributed by atoms with Crippen LogP contribution in [-0.4, -0.2) is 0 Å². The van der Waals surface area contributed by atoms with E-state index in [0.29, 0.717) is 0 Å². The van der Waals surface area contributed by atoms with Crippen molar-refractivity contribution in [2.45, 2.75) is 38.0 Å². The predicted molar refractivity (Wildman–Crippen MR) is 210 cm³/mol. The molecule has 0 radical (unpaired) electrons. The van der Waals surface area contributed by atoms with Crippen molar-refractivity contribution in [3.8, 4) is 28.0 Å². The highest BCUT2D eigenvalue weighted by Gasteiger charge is 2.32. The zero-order valence-corrected chi connectivity index (χ0v) is 28.4. The van der Waals surface area contributed by atoms with E-state index >= 15 is 0 Å². The summed E-state index contributed by atoms with van der Waals surface area (Å²) in [5.41, 5.74) is 14.3. The molecule has 10 rings (SSSR count). The summed E-state index contributed by atoms with van der Waals surface area (Å²) in [6, 6.07) is 41.7. The second-order valence-electron chi connectivity index (χ2n) is 13.8. The van der Waals surface area contributed by atoms with Crippen LogP contribution in [0.15, 0.2) is 168 Å². The second-order valence-corrected chi connectivity index (χ2v) is 13.8. The number of nitrogens with zero attached hydrogens (tertiary/aromatic N) is 1. The molecule has 0 saturated carbocycles. The van der Waals surface area contributed by atoms with Gasteiger partial charge in [-0.25, -0.2) is 0 Å². The summed E-state index contributed by atoms with van der Waals surface area (Å²) >= 11 is 0. The van der Waals surface area contributed by atoms with Gasteiger partial charge in [-0.15, -0.1) is 0 Å². The first-order valence-corrected chi connectivity index (χ1v) is 18.1. The Balaban J connectivity index is 0.929. The number of hydrogen-bond acceptors (Lipinski definition) is 3. The van der Waals surface area contributed by atoms with E-state index < -0.39 is 0 Å². The van der Waals surface area contributed by atoms with Crippen molar-refractivity contribution in [3.05, 3.63) is 186 Å². The number of benzene rings is 5. The summed E-state index contributed by atoms with van der Waals surface area (Å²) in [7, 11) is 0. The van der Waals surface area contributed by atoms with Crippen molar-refractivity contribution in [2.75, 3.05) is 4.90 Å². The maximum atomic E-state index is 6.62. The van der Waals surface area contributed by atoms with E-state index in [1.54, 1.807) is 0 Å². The van der Waals surface area contributed by atoms with Crippen molar-refractivity contribution in [3.63, 3.8) is 0 Å². The van der Waals surface area contributed by atoms with Gasteiger partial charge in [-0.1, -0.05) is 109 Å². The maximum absolute atomic E-state index is 6.62. The third-order valence-electron chi connectivity index (χ3n) is 10.8. The van der Waals surface area contributed by atoms with Crippen LogP contribution < -0.4 is 9.64 Å². The number of fused-ring (bicyclic) bond motifs is 6. The van der Waals surface area contributed by atoms with Crippen molar-refractivity contribution < 1.29 is 9.15 Å². The minimum Gasteiger partial charge on any atom is -0.461 e. The Labute approximate surface area is 298 Å². The molecule has 0 N–H and O–H groups in total. The van der Waals surface area contributed by atoms with E-state index in [-0.39, 0.29) is 5.92 Å². The van der Waals surface area contributed by atoms with Crippen molar-refractivity contribution in [2.24, 2.45) is 0 Å². The van der Waals surface area contributed by atoms with Gasteiger partial charge in [0.25, 0.3) is 0 Å². The average molecular weight is 660 g/mol. The number of allylic oxidation sites excluding steroid dienone is 9. The fourth-order valence-corrected chi connectivity index (χ4v) is 8.20. The molecule has 3 nitrogen and oxygen atoms in total. The lowest BCUT2D eigenvalue weighted by molar-refractivity contribution is 0.426. The summed E-state index contributed by atoms with van der Waals surface area (Å²) in [6.45, 7) is 0. The zero-order valence-electron chi connectivity index (χ0n) is 28.4. The fraction of sp³-hybridized carbons (Fsp3) is 0.125. The van der Waals surface area contributed by atoms with Crippen LogP contribution in [0.25, 0.3) is 44.9 Å². The second kappa shape index (κ2) is 12.4. The molecule has 5 aromatic carbocycles. The standard InChI is InChI=1S/C48H37NO2/c1-3-11-32(12-4-1)34-13-9-16-39(29-34)49(37-14-5-2-6-15-37)38-25-21-33(22-26-38)35-23-27-42-43-28-24-36(31-47(43)50-46(42)30-35)40-18-10-19-44-41-17-7-8-20-45(41)51-48(40)44/h1-5,8-14,16,18-26,28-31,42H,6-7,15,17,27H2. The number of ether oxygens (including phenoxy) is 1. The third-order valence-corrected chi connectivity index (χ3v) is 10.8. The van der Waals surface area contributed by atoms with Gasteiger partial charge in [0.05, 0.1) is 0 Å². The van der Waals surface area contributed by atoms with Gasteiger partial charge in [-0.05, 0) is 108 Å². The Morgan fingerprint density at radius 2 is 1.51 bits per heavy atom. The summed E-state index contributed by atoms with van der Waals surface area (Å²) in [5, 5.41) is 1.22. The molecule has 0 spiro atoms. The van der Waals surface area contributed by atoms with E-state index in [9.17, 15) is 0 Å². The number of para-hydroxylation sites is 1. The predicted octanol–water partition coefficient (Wildman–Crippen LogP) is 12.9. The molecule has 246 valence electrons. The van der Waals surface area contributed by atoms with Crippen LogP contribution in [0.4, 0.5) is 11.4 Å². The topological polar surface area (TPSA) is 25.6 Å². The first-order chi connectivity index (χ1) is 25.3. The Bertz CT molecular complexity index is 2470. The molecule has 1 atom stereocenters. The smallest absolute Gasteiger partial charge is 0.142 e. The van der Waals surface area contributed by atoms with Crippen LogP contribution in [0, 0.1) is 0 Å². The van der Waals surface area contributed by atoms with Crippen LogP contribution in [0.2, 0.25) is 0 Å². The molecule has 0 bridgehead atoms. The van der Waals surface area contributed by atoms with Crippen molar-refractivity contribution in [1.29, 1.82) is 0 Å². The maximum Gasteiger partial charge on any atom is 0.142 e. The lowest BCUT2D eigenvalue weighted by Crippen LogP contribution is -2.17. The lowest BCUT2D eigenvalue weighted by Gasteiger charge is -2.29. The van der Waals surface area contributed by atoms with Crippen LogP contribution in [0.1, 0.15) is 54.1 Å². The molecule has 1 aromatic heterocycles. The van der Waals surface area contributed by atoms with Crippen LogP contribution in [0.5, 0.6) is 5.75 Å². The normalized spacial score (nSPS) is 17.2. The average Bonchev–Trinajstić information content (AvgIpc) is 3.77. The number of anilines is 2. The molecule has 1 unspecified atom stereocenters. The van der Waals surface area contributed by atoms with Crippen LogP contribution in [0.3, 0.4) is 0 Å². The van der Waals surface area contributed by atoms with Gasteiger partial charge in [0, 0.05) is 45.1 Å². The van der Waals surface area contributed by atoms with Gasteiger partial charge in [-0.3, -0.25) is 0 Å². The van der Waals surface area contributed by atoms with Crippen LogP contribution in [-0.2, 0) is 6.42 Å². The Morgan fingerprint density at radius 1 is 0.667 bits per heavy atom. The number of aryl methyl sites for hydroxylation is 1. The Hall–Kier alpha value is -6.06. The third kappa shape index (κ3) is 5.28. The minimum atomic E-state index is 0.243. The SMILES string of the molecule is C1=CCCC(N(c2ccc(C3=CCC4C(=C3)Oc3cc(-c5cccc6c7c(oc56)C=CCC7)ccc34)cc2)c2cccc(-c3ccccc3)c2)=C1. The summed E-state index contributed by atoms with van der Waals surface area (Å²) in [4.78, 5) is 2.41. The summed E-state index contributed by atoms with van der Waals surface area (Å²) in [5.74, 6) is 3.22. The molecular weight excluding hydrogens is 623 g/mol. The number of hydrogen-bond donors (Lipinski definition) is 0. The molecule has 51 heavy (non-hydrogen) atoms. The molecule has 6 aromatic rings. The van der Waals surface area contributed by atoms with E-state index in [2.05, 4.69) is 163 Å². The van der Waals surface area contributed by atoms with E-state index in [0.717, 1.165) is 71.8 Å². The molecule has 3 heteroatoms. The van der Waals surface area contributed by atoms with E-state index in [4.69, 9.17) is 9.15 Å². The van der Waals surface area contributed by atoms with Gasteiger partial charge >= 0.3 is 0 Å². The monoisotopic (exact) mass is 659 g/mol. The molecule has 0 fully saturated rings. The molecule has 0 amide bonds. The summed E-state index contributed by atoms with van der Waals surface area (Å²) < 4.78 is 13.0. The molecule has 1 aliphatic heterocycles. The van der Waals surface area contributed by atoms with Crippen molar-refractivity contribution >= 4 is 34.0 Å². The van der Waals surface area contributed by atoms with Crippen LogP contribution >= 0.6 is 0 Å². The van der Waals surface area contributed by atoms with Crippen molar-refractivity contribution in [1.82, 2.24) is 0 Å². The quantitative estimate of drug-likeness (QED) is 0.178. The van der Waals surface area contributed by atoms with Gasteiger partial charge in [0.15, 0.2) is 0 Å². The van der Waals surface area contributed by atoms with E-state index in [1.165, 1.54) is 50.2 Å². The largest absolute Gasteiger partial charge is 0.461 e. The summed E-state index contributed by atoms with van der Waals surface area (Å²) in [6.07, 6.45) is 20.7.